The van der Waals surface area contributed by atoms with Crippen molar-refractivity contribution in [3.05, 3.63) is 47.1 Å². The number of hydrogen-bond donors (Lipinski definition) is 2. The van der Waals surface area contributed by atoms with Crippen LogP contribution in [0.2, 0.25) is 5.15 Å². The third-order valence-corrected chi connectivity index (χ3v) is 5.23. The van der Waals surface area contributed by atoms with Crippen molar-refractivity contribution < 1.29 is 14.6 Å². The lowest BCUT2D eigenvalue weighted by atomic mass is 10.1. The minimum Gasteiger partial charge on any atom is -0.491 e. The number of aliphatic hydroxyl groups is 1. The van der Waals surface area contributed by atoms with E-state index in [1.807, 2.05) is 43.8 Å². The highest BCUT2D eigenvalue weighted by molar-refractivity contribution is 7.99. The number of hydrogen-bond acceptors (Lipinski definition) is 7. The van der Waals surface area contributed by atoms with Gasteiger partial charge in [0.25, 0.3) is 0 Å². The van der Waals surface area contributed by atoms with Crippen molar-refractivity contribution in [3.63, 3.8) is 0 Å². The van der Waals surface area contributed by atoms with Crippen molar-refractivity contribution in [2.24, 2.45) is 0 Å². The van der Waals surface area contributed by atoms with Crippen LogP contribution in [0.15, 0.2) is 36.4 Å². The predicted octanol–water partition coefficient (Wildman–Crippen LogP) is 3.61. The third-order valence-electron chi connectivity index (χ3n) is 4.13. The Bertz CT molecular complexity index is 731. The molecule has 0 aliphatic carbocycles. The number of rotatable bonds is 13. The third kappa shape index (κ3) is 9.21. The average molecular weight is 440 g/mol. The van der Waals surface area contributed by atoms with Crippen LogP contribution in [0.25, 0.3) is 0 Å². The maximum absolute atomic E-state index is 10.3. The van der Waals surface area contributed by atoms with Crippen LogP contribution in [-0.4, -0.2) is 58.2 Å². The van der Waals surface area contributed by atoms with E-state index in [1.165, 1.54) is 5.56 Å². The van der Waals surface area contributed by atoms with E-state index in [1.54, 1.807) is 12.1 Å². The summed E-state index contributed by atoms with van der Waals surface area (Å²) in [5, 5.41) is 21.6. The Morgan fingerprint density at radius 2 is 1.97 bits per heavy atom. The lowest BCUT2D eigenvalue weighted by Crippen LogP contribution is -2.48. The molecule has 0 aliphatic rings. The lowest BCUT2D eigenvalue weighted by molar-refractivity contribution is 0.0919. The monoisotopic (exact) mass is 439 g/mol. The molecule has 0 bridgehead atoms. The molecular weight excluding hydrogens is 410 g/mol. The first kappa shape index (κ1) is 23.7. The van der Waals surface area contributed by atoms with Gasteiger partial charge in [-0.25, -0.2) is 0 Å². The molecule has 1 heterocycles. The van der Waals surface area contributed by atoms with Crippen molar-refractivity contribution >= 4 is 23.4 Å². The minimum absolute atomic E-state index is 0.227. The van der Waals surface area contributed by atoms with Gasteiger partial charge < -0.3 is 19.9 Å². The minimum atomic E-state index is -0.636. The molecule has 1 atom stereocenters. The summed E-state index contributed by atoms with van der Waals surface area (Å²) in [6.45, 7) is 7.12. The topological polar surface area (TPSA) is 76.5 Å². The number of aromatic nitrogens is 2. The highest BCUT2D eigenvalue weighted by Crippen LogP contribution is 2.20. The number of halogens is 1. The normalized spacial score (nSPS) is 12.6. The number of nitrogens with zero attached hydrogens (tertiary/aromatic N) is 2. The van der Waals surface area contributed by atoms with Gasteiger partial charge in [0.1, 0.15) is 25.1 Å². The van der Waals surface area contributed by atoms with E-state index in [2.05, 4.69) is 28.5 Å². The first-order valence-corrected chi connectivity index (χ1v) is 11.3. The van der Waals surface area contributed by atoms with Crippen LogP contribution in [0.4, 0.5) is 0 Å². The molecule has 8 heteroatoms. The summed E-state index contributed by atoms with van der Waals surface area (Å²) in [5.41, 5.74) is 0.809. The number of benzene rings is 1. The summed E-state index contributed by atoms with van der Waals surface area (Å²) < 4.78 is 11.5. The van der Waals surface area contributed by atoms with Crippen LogP contribution in [0.5, 0.6) is 11.6 Å². The zero-order valence-electron chi connectivity index (χ0n) is 17.2. The Balaban J connectivity index is 1.74. The SMILES string of the molecule is CCSCCc1ccccc1OCC(O)CNC(C)(C)COc1ccc(Cl)nn1. The molecule has 2 rings (SSSR count). The van der Waals surface area contributed by atoms with E-state index in [4.69, 9.17) is 21.1 Å². The molecule has 0 amide bonds. The van der Waals surface area contributed by atoms with Crippen LogP contribution in [0.3, 0.4) is 0 Å². The summed E-state index contributed by atoms with van der Waals surface area (Å²) in [6.07, 6.45) is 0.323. The van der Waals surface area contributed by atoms with E-state index < -0.39 is 6.10 Å². The number of para-hydroxylation sites is 1. The largest absolute Gasteiger partial charge is 0.491 e. The number of β-amino-alcohol motifs (C(OH)–C–C–N with tert-alkyl or cyclic N) is 1. The maximum Gasteiger partial charge on any atom is 0.233 e. The van der Waals surface area contributed by atoms with E-state index in [0.717, 1.165) is 23.7 Å². The molecule has 0 saturated carbocycles. The second-order valence-electron chi connectivity index (χ2n) is 7.27. The second kappa shape index (κ2) is 12.2. The Labute approximate surface area is 182 Å². The molecule has 29 heavy (non-hydrogen) atoms. The molecule has 0 saturated heterocycles. The zero-order valence-corrected chi connectivity index (χ0v) is 18.8. The molecule has 1 aromatic heterocycles. The molecule has 6 nitrogen and oxygen atoms in total. The molecule has 2 aromatic rings. The number of aryl methyl sites for hydroxylation is 1. The molecular formula is C21H30ClN3O3S. The van der Waals surface area contributed by atoms with E-state index in [-0.39, 0.29) is 12.1 Å². The fraction of sp³-hybridized carbons (Fsp3) is 0.524. The van der Waals surface area contributed by atoms with Crippen LogP contribution < -0.4 is 14.8 Å². The fourth-order valence-corrected chi connectivity index (χ4v) is 3.26. The van der Waals surface area contributed by atoms with Gasteiger partial charge in [0, 0.05) is 18.2 Å². The van der Waals surface area contributed by atoms with Crippen LogP contribution in [-0.2, 0) is 6.42 Å². The Hall–Kier alpha value is -1.54. The summed E-state index contributed by atoms with van der Waals surface area (Å²) in [6, 6.07) is 11.3. The lowest BCUT2D eigenvalue weighted by Gasteiger charge is -2.27. The van der Waals surface area contributed by atoms with Crippen molar-refractivity contribution in [2.45, 2.75) is 38.8 Å². The van der Waals surface area contributed by atoms with Crippen molar-refractivity contribution in [2.75, 3.05) is 31.3 Å². The van der Waals surface area contributed by atoms with E-state index in [0.29, 0.717) is 24.2 Å². The van der Waals surface area contributed by atoms with Crippen molar-refractivity contribution in [3.8, 4) is 11.6 Å². The molecule has 0 spiro atoms. The van der Waals surface area contributed by atoms with Gasteiger partial charge in [-0.2, -0.15) is 11.8 Å². The number of aliphatic hydroxyl groups excluding tert-OH is 1. The van der Waals surface area contributed by atoms with Gasteiger partial charge in [-0.05, 0) is 49.5 Å². The van der Waals surface area contributed by atoms with E-state index >= 15 is 0 Å². The highest BCUT2D eigenvalue weighted by atomic mass is 35.5. The van der Waals surface area contributed by atoms with Crippen molar-refractivity contribution in [1.82, 2.24) is 15.5 Å². The summed E-state index contributed by atoms with van der Waals surface area (Å²) >= 11 is 7.63. The number of thioether (sulfide) groups is 1. The van der Waals surface area contributed by atoms with Gasteiger partial charge in [-0.15, -0.1) is 10.2 Å². The molecule has 0 fully saturated rings. The molecule has 0 radical (unpaired) electrons. The van der Waals surface area contributed by atoms with Gasteiger partial charge in [-0.3, -0.25) is 0 Å². The molecule has 0 aliphatic heterocycles. The van der Waals surface area contributed by atoms with E-state index in [9.17, 15) is 5.11 Å². The van der Waals surface area contributed by atoms with Crippen LogP contribution in [0.1, 0.15) is 26.3 Å². The second-order valence-corrected chi connectivity index (χ2v) is 9.05. The van der Waals surface area contributed by atoms with Gasteiger partial charge in [0.05, 0.1) is 0 Å². The summed E-state index contributed by atoms with van der Waals surface area (Å²) in [4.78, 5) is 0. The van der Waals surface area contributed by atoms with Crippen molar-refractivity contribution in [1.29, 1.82) is 0 Å². The Kier molecular flexibility index (Phi) is 10.0. The van der Waals surface area contributed by atoms with Gasteiger partial charge in [-0.1, -0.05) is 36.7 Å². The predicted molar refractivity (Wildman–Crippen MR) is 119 cm³/mol. The van der Waals surface area contributed by atoms with Gasteiger partial charge >= 0.3 is 0 Å². The molecule has 160 valence electrons. The van der Waals surface area contributed by atoms with Crippen LogP contribution in [0, 0.1) is 0 Å². The molecule has 1 aromatic carbocycles. The number of ether oxygens (including phenoxy) is 2. The zero-order chi connectivity index (χ0) is 21.1. The maximum atomic E-state index is 10.3. The standard InChI is InChI=1S/C21H30ClN3O3S/c1-4-29-12-11-16-7-5-6-8-18(16)27-14-17(26)13-23-21(2,3)15-28-20-10-9-19(22)24-25-20/h5-10,17,23,26H,4,11-15H2,1-3H3. The Morgan fingerprint density at radius 1 is 1.17 bits per heavy atom. The quantitative estimate of drug-likeness (QED) is 0.461. The van der Waals surface area contributed by atoms with Crippen LogP contribution >= 0.6 is 23.4 Å². The molecule has 2 N–H and O–H groups in total. The van der Waals surface area contributed by atoms with Gasteiger partial charge in [0.15, 0.2) is 5.15 Å². The molecule has 1 unspecified atom stereocenters. The average Bonchev–Trinajstić information content (AvgIpc) is 2.71. The fourth-order valence-electron chi connectivity index (χ4n) is 2.50. The first-order chi connectivity index (χ1) is 13.9. The first-order valence-electron chi connectivity index (χ1n) is 9.73. The smallest absolute Gasteiger partial charge is 0.233 e. The number of nitrogens with one attached hydrogen (secondary N) is 1. The highest BCUT2D eigenvalue weighted by Gasteiger charge is 2.20. The Morgan fingerprint density at radius 3 is 2.69 bits per heavy atom. The summed E-state index contributed by atoms with van der Waals surface area (Å²) in [7, 11) is 0. The van der Waals surface area contributed by atoms with Gasteiger partial charge in [0.2, 0.25) is 5.88 Å². The summed E-state index contributed by atoms with van der Waals surface area (Å²) in [5.74, 6) is 3.42.